The minimum Gasteiger partial charge on any atom is -0.484 e. The van der Waals surface area contributed by atoms with Crippen molar-refractivity contribution in [3.63, 3.8) is 0 Å². The maximum absolute atomic E-state index is 12.0. The van der Waals surface area contributed by atoms with E-state index in [-0.39, 0.29) is 18.6 Å². The summed E-state index contributed by atoms with van der Waals surface area (Å²) in [5.74, 6) is -0.181. The van der Waals surface area contributed by atoms with Crippen LogP contribution in [0, 0.1) is 0 Å². The average Bonchev–Trinajstić information content (AvgIpc) is 2.59. The van der Waals surface area contributed by atoms with Gasteiger partial charge < -0.3 is 15.8 Å². The number of rotatable bonds is 7. The van der Waals surface area contributed by atoms with Crippen molar-refractivity contribution in [3.05, 3.63) is 66.0 Å². The van der Waals surface area contributed by atoms with E-state index >= 15 is 0 Å². The third-order valence-corrected chi connectivity index (χ3v) is 3.23. The fraction of sp³-hybridized carbons (Fsp3) is 0.167. The van der Waals surface area contributed by atoms with Crippen LogP contribution in [0.1, 0.15) is 24.1 Å². The molecule has 3 N–H and O–H groups in total. The molecule has 0 saturated heterocycles. The van der Waals surface area contributed by atoms with Crippen molar-refractivity contribution in [2.24, 2.45) is 5.73 Å². The lowest BCUT2D eigenvalue weighted by molar-refractivity contribution is -0.120. The molecule has 0 aliphatic rings. The molecule has 0 radical (unpaired) electrons. The summed E-state index contributed by atoms with van der Waals surface area (Å²) in [6, 6.07) is 10.6. The van der Waals surface area contributed by atoms with Crippen LogP contribution in [0.2, 0.25) is 0 Å². The summed E-state index contributed by atoms with van der Waals surface area (Å²) in [5, 5.41) is 2.87. The number of benzene rings is 1. The number of aromatic nitrogens is 1. The highest BCUT2D eigenvalue weighted by Crippen LogP contribution is 2.13. The monoisotopic (exact) mass is 325 g/mol. The van der Waals surface area contributed by atoms with Crippen LogP contribution in [0.4, 0.5) is 0 Å². The minimum absolute atomic E-state index is 0.125. The van der Waals surface area contributed by atoms with E-state index in [4.69, 9.17) is 10.5 Å². The molecule has 0 aliphatic carbocycles. The van der Waals surface area contributed by atoms with Gasteiger partial charge >= 0.3 is 0 Å². The highest BCUT2D eigenvalue weighted by molar-refractivity contribution is 5.92. The maximum Gasteiger partial charge on any atom is 0.255 e. The molecule has 6 nitrogen and oxygen atoms in total. The summed E-state index contributed by atoms with van der Waals surface area (Å²) >= 11 is 0. The van der Waals surface area contributed by atoms with Gasteiger partial charge in [0.05, 0.1) is 6.04 Å². The molecule has 0 bridgehead atoms. The number of amides is 2. The molecule has 6 heteroatoms. The molecule has 0 aliphatic heterocycles. The number of pyridine rings is 1. The fourth-order valence-corrected chi connectivity index (χ4v) is 1.98. The Balaban J connectivity index is 1.88. The highest BCUT2D eigenvalue weighted by Gasteiger charge is 2.06. The molecule has 0 fully saturated rings. The van der Waals surface area contributed by atoms with E-state index in [2.05, 4.69) is 10.3 Å². The lowest BCUT2D eigenvalue weighted by Gasteiger charge is -2.12. The molecule has 2 rings (SSSR count). The van der Waals surface area contributed by atoms with Gasteiger partial charge in [-0.25, -0.2) is 0 Å². The molecule has 124 valence electrons. The number of ether oxygens (including phenoxy) is 1. The number of nitrogens with zero attached hydrogens (tertiary/aromatic N) is 1. The smallest absolute Gasteiger partial charge is 0.255 e. The number of nitrogens with two attached hydrogens (primary N) is 1. The van der Waals surface area contributed by atoms with E-state index in [0.29, 0.717) is 5.75 Å². The molecule has 1 heterocycles. The van der Waals surface area contributed by atoms with Gasteiger partial charge in [-0.3, -0.25) is 14.6 Å². The molecular weight excluding hydrogens is 306 g/mol. The Morgan fingerprint density at radius 2 is 2.04 bits per heavy atom. The summed E-state index contributed by atoms with van der Waals surface area (Å²) in [6.45, 7) is 1.73. The second-order valence-electron chi connectivity index (χ2n) is 5.17. The average molecular weight is 325 g/mol. The summed E-state index contributed by atoms with van der Waals surface area (Å²) < 4.78 is 5.17. The van der Waals surface area contributed by atoms with Crippen LogP contribution in [0.25, 0.3) is 6.08 Å². The van der Waals surface area contributed by atoms with Crippen molar-refractivity contribution in [2.45, 2.75) is 13.0 Å². The van der Waals surface area contributed by atoms with E-state index < -0.39 is 5.91 Å². The summed E-state index contributed by atoms with van der Waals surface area (Å²) in [6.07, 6.45) is 6.57. The third kappa shape index (κ3) is 5.57. The van der Waals surface area contributed by atoms with E-state index in [9.17, 15) is 9.59 Å². The van der Waals surface area contributed by atoms with Crippen molar-refractivity contribution in [3.8, 4) is 5.75 Å². The van der Waals surface area contributed by atoms with Gasteiger partial charge in [-0.05, 0) is 42.3 Å². The first kappa shape index (κ1) is 17.2. The molecule has 0 spiro atoms. The molecular formula is C18H19N3O3. The van der Waals surface area contributed by atoms with Crippen molar-refractivity contribution in [1.29, 1.82) is 0 Å². The zero-order chi connectivity index (χ0) is 17.4. The van der Waals surface area contributed by atoms with Gasteiger partial charge in [0.15, 0.2) is 6.61 Å². The zero-order valence-electron chi connectivity index (χ0n) is 13.3. The van der Waals surface area contributed by atoms with Crippen molar-refractivity contribution >= 4 is 17.9 Å². The van der Waals surface area contributed by atoms with E-state index in [1.165, 1.54) is 6.08 Å². The predicted octanol–water partition coefficient (Wildman–Crippen LogP) is 1.84. The lowest BCUT2D eigenvalue weighted by atomic mass is 10.1. The van der Waals surface area contributed by atoms with Crippen LogP contribution in [0.5, 0.6) is 5.75 Å². The maximum atomic E-state index is 12.0. The Bertz CT molecular complexity index is 712. The predicted molar refractivity (Wildman–Crippen MR) is 91.0 cm³/mol. The number of carbonyl (C=O) groups excluding carboxylic acids is 2. The van der Waals surface area contributed by atoms with Crippen LogP contribution in [-0.2, 0) is 9.59 Å². The second kappa shape index (κ2) is 8.47. The molecule has 1 aromatic heterocycles. The molecule has 24 heavy (non-hydrogen) atoms. The van der Waals surface area contributed by atoms with Gasteiger partial charge in [-0.1, -0.05) is 18.2 Å². The topological polar surface area (TPSA) is 94.3 Å². The molecule has 1 atom stereocenters. The SMILES string of the molecule is CC(NC(=O)/C=C/c1ccc(OCC(N)=O)cc1)c1cccnc1. The van der Waals surface area contributed by atoms with Crippen molar-refractivity contribution in [1.82, 2.24) is 10.3 Å². The van der Waals surface area contributed by atoms with Gasteiger partial charge in [-0.15, -0.1) is 0 Å². The number of hydrogen-bond acceptors (Lipinski definition) is 4. The van der Waals surface area contributed by atoms with Crippen LogP contribution < -0.4 is 15.8 Å². The van der Waals surface area contributed by atoms with Gasteiger partial charge in [0.25, 0.3) is 5.91 Å². The standard InChI is InChI=1S/C18H19N3O3/c1-13(15-3-2-10-20-11-15)21-18(23)9-6-14-4-7-16(8-5-14)24-12-17(19)22/h2-11,13H,12H2,1H3,(H2,19,22)(H,21,23)/b9-6+. The number of carbonyl (C=O) groups is 2. The number of hydrogen-bond donors (Lipinski definition) is 2. The van der Waals surface area contributed by atoms with E-state index in [1.54, 1.807) is 42.7 Å². The van der Waals surface area contributed by atoms with Crippen LogP contribution in [0.15, 0.2) is 54.9 Å². The summed E-state index contributed by atoms with van der Waals surface area (Å²) in [5.41, 5.74) is 6.79. The van der Waals surface area contributed by atoms with Crippen molar-refractivity contribution < 1.29 is 14.3 Å². The van der Waals surface area contributed by atoms with Gasteiger partial charge in [0.2, 0.25) is 5.91 Å². The van der Waals surface area contributed by atoms with Crippen LogP contribution in [-0.4, -0.2) is 23.4 Å². The third-order valence-electron chi connectivity index (χ3n) is 3.23. The Morgan fingerprint density at radius 3 is 2.67 bits per heavy atom. The number of primary amides is 1. The second-order valence-corrected chi connectivity index (χ2v) is 5.17. The van der Waals surface area contributed by atoms with Gasteiger partial charge in [-0.2, -0.15) is 0 Å². The lowest BCUT2D eigenvalue weighted by Crippen LogP contribution is -2.24. The minimum atomic E-state index is -0.529. The summed E-state index contributed by atoms with van der Waals surface area (Å²) in [4.78, 5) is 26.6. The summed E-state index contributed by atoms with van der Waals surface area (Å²) in [7, 11) is 0. The fourth-order valence-electron chi connectivity index (χ4n) is 1.98. The Labute approximate surface area is 140 Å². The normalized spacial score (nSPS) is 11.9. The molecule has 1 unspecified atom stereocenters. The molecule has 2 aromatic rings. The molecule has 2 amide bonds. The Kier molecular flexibility index (Phi) is 6.08. The van der Waals surface area contributed by atoms with Crippen LogP contribution in [0.3, 0.4) is 0 Å². The van der Waals surface area contributed by atoms with E-state index in [0.717, 1.165) is 11.1 Å². The Hall–Kier alpha value is -3.15. The van der Waals surface area contributed by atoms with Gasteiger partial charge in [0.1, 0.15) is 5.75 Å². The van der Waals surface area contributed by atoms with Gasteiger partial charge in [0, 0.05) is 18.5 Å². The zero-order valence-corrected chi connectivity index (χ0v) is 13.3. The Morgan fingerprint density at radius 1 is 1.29 bits per heavy atom. The molecule has 1 aromatic carbocycles. The van der Waals surface area contributed by atoms with Crippen molar-refractivity contribution in [2.75, 3.05) is 6.61 Å². The van der Waals surface area contributed by atoms with Crippen LogP contribution >= 0.6 is 0 Å². The molecule has 0 saturated carbocycles. The van der Waals surface area contributed by atoms with E-state index in [1.807, 2.05) is 19.1 Å². The first-order valence-corrected chi connectivity index (χ1v) is 7.44. The number of nitrogens with one attached hydrogen (secondary N) is 1. The quantitative estimate of drug-likeness (QED) is 0.759. The highest BCUT2D eigenvalue weighted by atomic mass is 16.5. The first-order valence-electron chi connectivity index (χ1n) is 7.44. The largest absolute Gasteiger partial charge is 0.484 e. The first-order chi connectivity index (χ1) is 11.5.